The second-order valence-corrected chi connectivity index (χ2v) is 4.57. The van der Waals surface area contributed by atoms with Gasteiger partial charge in [0.2, 0.25) is 5.91 Å². The molecule has 0 aliphatic carbocycles. The lowest BCUT2D eigenvalue weighted by Gasteiger charge is -2.16. The van der Waals surface area contributed by atoms with Gasteiger partial charge in [-0.05, 0) is 11.6 Å². The van der Waals surface area contributed by atoms with Crippen molar-refractivity contribution in [2.24, 2.45) is 0 Å². The first-order valence-corrected chi connectivity index (χ1v) is 6.42. The first kappa shape index (κ1) is 18.0. The average molecular weight is 319 g/mol. The summed E-state index contributed by atoms with van der Waals surface area (Å²) in [6.45, 7) is 0.108. The Kier molecular flexibility index (Phi) is 6.36. The Morgan fingerprint density at radius 1 is 1.32 bits per heavy atom. The average Bonchev–Trinajstić information content (AvgIpc) is 2.42. The lowest BCUT2D eigenvalue weighted by molar-refractivity contribution is -0.142. The van der Waals surface area contributed by atoms with Gasteiger partial charge in [0.1, 0.15) is 6.04 Å². The zero-order valence-electron chi connectivity index (χ0n) is 11.8. The minimum Gasteiger partial charge on any atom is -0.480 e. The van der Waals surface area contributed by atoms with Crippen LogP contribution < -0.4 is 5.32 Å². The molecule has 8 heteroatoms. The number of carbonyl (C=O) groups is 2. The molecule has 1 atom stereocenters. The monoisotopic (exact) mass is 319 g/mol. The summed E-state index contributed by atoms with van der Waals surface area (Å²) in [6.07, 6.45) is -5.09. The lowest BCUT2D eigenvalue weighted by atomic mass is 10.0. The third kappa shape index (κ3) is 5.36. The van der Waals surface area contributed by atoms with Crippen molar-refractivity contribution in [3.63, 3.8) is 0 Å². The van der Waals surface area contributed by atoms with Gasteiger partial charge in [-0.1, -0.05) is 18.2 Å². The molecule has 22 heavy (non-hydrogen) atoms. The van der Waals surface area contributed by atoms with Crippen LogP contribution in [0.1, 0.15) is 17.5 Å². The van der Waals surface area contributed by atoms with Crippen LogP contribution in [0.15, 0.2) is 24.3 Å². The molecule has 1 unspecified atom stereocenters. The highest BCUT2D eigenvalue weighted by atomic mass is 19.4. The molecule has 0 aromatic heterocycles. The molecule has 0 spiro atoms. The smallest absolute Gasteiger partial charge is 0.416 e. The molecule has 1 aromatic rings. The molecular formula is C14H16F3NO4. The van der Waals surface area contributed by atoms with Gasteiger partial charge in [0.05, 0.1) is 12.0 Å². The molecule has 5 nitrogen and oxygen atoms in total. The van der Waals surface area contributed by atoms with E-state index in [1.165, 1.54) is 25.3 Å². The van der Waals surface area contributed by atoms with Gasteiger partial charge in [0, 0.05) is 20.1 Å². The second kappa shape index (κ2) is 7.79. The van der Waals surface area contributed by atoms with Crippen LogP contribution in [0.2, 0.25) is 0 Å². The number of rotatable bonds is 7. The van der Waals surface area contributed by atoms with Crippen molar-refractivity contribution in [2.75, 3.05) is 13.7 Å². The molecule has 0 aliphatic rings. The van der Waals surface area contributed by atoms with E-state index in [-0.39, 0.29) is 18.6 Å². The zero-order valence-corrected chi connectivity index (χ0v) is 11.8. The first-order chi connectivity index (χ1) is 10.3. The van der Waals surface area contributed by atoms with Crippen molar-refractivity contribution < 1.29 is 32.6 Å². The predicted molar refractivity (Wildman–Crippen MR) is 71.2 cm³/mol. The summed E-state index contributed by atoms with van der Waals surface area (Å²) in [5, 5.41) is 11.1. The Bertz CT molecular complexity index is 531. The number of halogens is 3. The fourth-order valence-corrected chi connectivity index (χ4v) is 1.86. The summed E-state index contributed by atoms with van der Waals surface area (Å²) >= 11 is 0. The summed E-state index contributed by atoms with van der Waals surface area (Å²) in [4.78, 5) is 22.8. The van der Waals surface area contributed by atoms with Crippen LogP contribution in [0.4, 0.5) is 13.2 Å². The van der Waals surface area contributed by atoms with Gasteiger partial charge in [-0.25, -0.2) is 4.79 Å². The number of methoxy groups -OCH3 is 1. The van der Waals surface area contributed by atoms with Gasteiger partial charge >= 0.3 is 12.1 Å². The molecule has 0 radical (unpaired) electrons. The number of hydrogen-bond acceptors (Lipinski definition) is 3. The lowest BCUT2D eigenvalue weighted by Crippen LogP contribution is -2.42. The van der Waals surface area contributed by atoms with E-state index >= 15 is 0 Å². The van der Waals surface area contributed by atoms with Gasteiger partial charge < -0.3 is 15.2 Å². The van der Waals surface area contributed by atoms with E-state index in [0.29, 0.717) is 0 Å². The minimum atomic E-state index is -4.57. The van der Waals surface area contributed by atoms with Crippen LogP contribution in [0.25, 0.3) is 0 Å². The van der Waals surface area contributed by atoms with E-state index < -0.39 is 36.1 Å². The molecule has 0 saturated carbocycles. The molecule has 122 valence electrons. The van der Waals surface area contributed by atoms with E-state index in [0.717, 1.165) is 6.07 Å². The Labute approximate surface area is 125 Å². The molecule has 0 fully saturated rings. The number of ether oxygens (including phenoxy) is 1. The summed E-state index contributed by atoms with van der Waals surface area (Å²) in [5.74, 6) is -2.06. The van der Waals surface area contributed by atoms with Crippen LogP contribution in [0.5, 0.6) is 0 Å². The van der Waals surface area contributed by atoms with E-state index in [1.807, 2.05) is 0 Å². The quantitative estimate of drug-likeness (QED) is 0.804. The third-order valence-electron chi connectivity index (χ3n) is 2.92. The van der Waals surface area contributed by atoms with Crippen molar-refractivity contribution in [1.29, 1.82) is 0 Å². The van der Waals surface area contributed by atoms with Crippen molar-refractivity contribution in [1.82, 2.24) is 5.32 Å². The molecule has 1 aromatic carbocycles. The van der Waals surface area contributed by atoms with Crippen molar-refractivity contribution >= 4 is 11.9 Å². The van der Waals surface area contributed by atoms with Crippen molar-refractivity contribution in [3.05, 3.63) is 35.4 Å². The number of hydrogen-bond donors (Lipinski definition) is 2. The van der Waals surface area contributed by atoms with E-state index in [1.54, 1.807) is 0 Å². The number of carboxylic acid groups (broad SMARTS) is 1. The number of alkyl halides is 3. The Morgan fingerprint density at radius 2 is 1.95 bits per heavy atom. The maximum absolute atomic E-state index is 12.8. The highest BCUT2D eigenvalue weighted by Crippen LogP contribution is 2.31. The zero-order chi connectivity index (χ0) is 16.8. The number of benzene rings is 1. The van der Waals surface area contributed by atoms with Gasteiger partial charge in [-0.15, -0.1) is 0 Å². The van der Waals surface area contributed by atoms with E-state index in [4.69, 9.17) is 9.84 Å². The number of carboxylic acids is 1. The molecule has 2 N–H and O–H groups in total. The summed E-state index contributed by atoms with van der Waals surface area (Å²) in [5.41, 5.74) is -1.11. The van der Waals surface area contributed by atoms with E-state index in [2.05, 4.69) is 5.32 Å². The maximum Gasteiger partial charge on any atom is 0.416 e. The number of amides is 1. The van der Waals surface area contributed by atoms with E-state index in [9.17, 15) is 22.8 Å². The summed E-state index contributed by atoms with van der Waals surface area (Å²) < 4.78 is 43.2. The second-order valence-electron chi connectivity index (χ2n) is 4.57. The van der Waals surface area contributed by atoms with Crippen LogP contribution in [-0.2, 0) is 26.9 Å². The molecule has 0 aliphatic heterocycles. The summed E-state index contributed by atoms with van der Waals surface area (Å²) in [7, 11) is 1.38. The number of carbonyl (C=O) groups excluding carboxylic acids is 1. The van der Waals surface area contributed by atoms with Gasteiger partial charge in [0.25, 0.3) is 0 Å². The predicted octanol–water partition coefficient (Wildman–Crippen LogP) is 1.85. The highest BCUT2D eigenvalue weighted by Gasteiger charge is 2.33. The standard InChI is InChI=1S/C14H16F3NO4/c1-22-7-6-11(13(20)21)18-12(19)8-9-4-2-3-5-10(9)14(15,16)17/h2-5,11H,6-8H2,1H3,(H,18,19)(H,20,21). The number of nitrogens with one attached hydrogen (secondary N) is 1. The fourth-order valence-electron chi connectivity index (χ4n) is 1.86. The summed E-state index contributed by atoms with van der Waals surface area (Å²) in [6, 6.07) is 3.47. The highest BCUT2D eigenvalue weighted by molar-refractivity contribution is 5.85. The normalized spacial score (nSPS) is 12.7. The number of aliphatic carboxylic acids is 1. The molecule has 0 heterocycles. The fraction of sp³-hybridized carbons (Fsp3) is 0.429. The van der Waals surface area contributed by atoms with Crippen molar-refractivity contribution in [2.45, 2.75) is 25.1 Å². The Morgan fingerprint density at radius 3 is 2.50 bits per heavy atom. The SMILES string of the molecule is COCCC(NC(=O)Cc1ccccc1C(F)(F)F)C(=O)O. The van der Waals surface area contributed by atoms with Crippen LogP contribution in [0, 0.1) is 0 Å². The minimum absolute atomic E-state index is 0.0263. The Hall–Kier alpha value is -2.09. The largest absolute Gasteiger partial charge is 0.480 e. The first-order valence-electron chi connectivity index (χ1n) is 6.42. The molecular weight excluding hydrogens is 303 g/mol. The van der Waals surface area contributed by atoms with Crippen molar-refractivity contribution in [3.8, 4) is 0 Å². The van der Waals surface area contributed by atoms with Crippen LogP contribution >= 0.6 is 0 Å². The van der Waals surface area contributed by atoms with Crippen LogP contribution in [-0.4, -0.2) is 36.7 Å². The third-order valence-corrected chi connectivity index (χ3v) is 2.92. The maximum atomic E-state index is 12.8. The molecule has 1 amide bonds. The van der Waals surface area contributed by atoms with Gasteiger partial charge in [0.15, 0.2) is 0 Å². The van der Waals surface area contributed by atoms with Crippen LogP contribution in [0.3, 0.4) is 0 Å². The Balaban J connectivity index is 2.78. The molecule has 1 rings (SSSR count). The topological polar surface area (TPSA) is 75.6 Å². The van der Waals surface area contributed by atoms with Gasteiger partial charge in [-0.3, -0.25) is 4.79 Å². The van der Waals surface area contributed by atoms with Gasteiger partial charge in [-0.2, -0.15) is 13.2 Å². The molecule has 0 saturated heterocycles. The molecule has 0 bridgehead atoms.